The van der Waals surface area contributed by atoms with Gasteiger partial charge in [0, 0.05) is 30.9 Å². The van der Waals surface area contributed by atoms with Crippen molar-refractivity contribution in [3.8, 4) is 5.69 Å². The molecule has 1 unspecified atom stereocenters. The summed E-state index contributed by atoms with van der Waals surface area (Å²) in [6.45, 7) is 0. The smallest absolute Gasteiger partial charge is 0.344 e. The second-order valence-corrected chi connectivity index (χ2v) is 8.14. The van der Waals surface area contributed by atoms with Gasteiger partial charge < -0.3 is 5.32 Å². The fraction of sp³-hybridized carbons (Fsp3) is 0.429. The van der Waals surface area contributed by atoms with Crippen LogP contribution in [0.25, 0.3) is 5.69 Å². The van der Waals surface area contributed by atoms with Crippen LogP contribution >= 0.6 is 0 Å². The van der Waals surface area contributed by atoms with Crippen molar-refractivity contribution in [3.05, 3.63) is 58.9 Å². The standard InChI is InChI=1S/C21H21F3N6O/c1-29-18(10-17(27-29)12-5-6-12)20(31)26-15-3-2-4-16-14(15)11-30(28-16)13-7-8-25-19(9-13)21(22,23)24/h7-12,15H,2-6H2,1H3,(H,26,31). The van der Waals surface area contributed by atoms with Gasteiger partial charge in [-0.15, -0.1) is 0 Å². The molecule has 162 valence electrons. The molecular formula is C21H21F3N6O. The average Bonchev–Trinajstić information content (AvgIpc) is 3.36. The number of hydrogen-bond donors (Lipinski definition) is 1. The van der Waals surface area contributed by atoms with Crippen molar-refractivity contribution in [1.29, 1.82) is 0 Å². The van der Waals surface area contributed by atoms with Crippen molar-refractivity contribution in [1.82, 2.24) is 29.9 Å². The molecule has 0 aliphatic heterocycles. The summed E-state index contributed by atoms with van der Waals surface area (Å²) in [4.78, 5) is 16.3. The molecule has 0 saturated heterocycles. The first-order valence-electron chi connectivity index (χ1n) is 10.3. The highest BCUT2D eigenvalue weighted by Crippen LogP contribution is 2.39. The van der Waals surface area contributed by atoms with Gasteiger partial charge in [-0.25, -0.2) is 4.68 Å². The van der Waals surface area contributed by atoms with Crippen molar-refractivity contribution in [3.63, 3.8) is 0 Å². The Bertz CT molecular complexity index is 1140. The van der Waals surface area contributed by atoms with Gasteiger partial charge in [-0.1, -0.05) is 0 Å². The number of alkyl halides is 3. The molecule has 5 rings (SSSR count). The average molecular weight is 430 g/mol. The van der Waals surface area contributed by atoms with Crippen LogP contribution in [-0.4, -0.2) is 30.5 Å². The normalized spacial score (nSPS) is 18.6. The number of aryl methyl sites for hydroxylation is 2. The topological polar surface area (TPSA) is 77.6 Å². The number of nitrogens with zero attached hydrogens (tertiary/aromatic N) is 5. The number of pyridine rings is 1. The maximum absolute atomic E-state index is 13.0. The molecule has 31 heavy (non-hydrogen) atoms. The number of carbonyl (C=O) groups is 1. The predicted octanol–water partition coefficient (Wildman–Crippen LogP) is 3.70. The molecule has 1 N–H and O–H groups in total. The van der Waals surface area contributed by atoms with E-state index >= 15 is 0 Å². The van der Waals surface area contributed by atoms with Gasteiger partial charge in [0.1, 0.15) is 11.4 Å². The quantitative estimate of drug-likeness (QED) is 0.685. The van der Waals surface area contributed by atoms with Crippen LogP contribution in [0.3, 0.4) is 0 Å². The number of halogens is 3. The lowest BCUT2D eigenvalue weighted by Gasteiger charge is -2.22. The minimum atomic E-state index is -4.53. The first kappa shape index (κ1) is 19.8. The molecule has 1 atom stereocenters. The van der Waals surface area contributed by atoms with Crippen molar-refractivity contribution < 1.29 is 18.0 Å². The van der Waals surface area contributed by atoms with Gasteiger partial charge in [0.05, 0.1) is 23.1 Å². The Morgan fingerprint density at radius 3 is 2.74 bits per heavy atom. The summed E-state index contributed by atoms with van der Waals surface area (Å²) in [7, 11) is 1.76. The van der Waals surface area contributed by atoms with Crippen LogP contribution in [0.5, 0.6) is 0 Å². The SMILES string of the molecule is Cn1nc(C2CC2)cc1C(=O)NC1CCCc2nn(-c3ccnc(C(F)(F)F)c3)cc21. The second-order valence-electron chi connectivity index (χ2n) is 8.14. The van der Waals surface area contributed by atoms with E-state index in [-0.39, 0.29) is 17.6 Å². The Balaban J connectivity index is 1.40. The van der Waals surface area contributed by atoms with Crippen molar-refractivity contribution >= 4 is 5.91 Å². The van der Waals surface area contributed by atoms with Gasteiger partial charge in [0.2, 0.25) is 0 Å². The molecule has 2 aliphatic carbocycles. The Morgan fingerprint density at radius 2 is 2.00 bits per heavy atom. The van der Waals surface area contributed by atoms with E-state index in [1.807, 2.05) is 6.07 Å². The molecule has 0 bridgehead atoms. The molecule has 0 spiro atoms. The van der Waals surface area contributed by atoms with Gasteiger partial charge in [-0.05, 0) is 50.3 Å². The van der Waals surface area contributed by atoms with Gasteiger partial charge in [-0.2, -0.15) is 23.4 Å². The van der Waals surface area contributed by atoms with Crippen LogP contribution in [0.2, 0.25) is 0 Å². The first-order chi connectivity index (χ1) is 14.8. The third-order valence-electron chi connectivity index (χ3n) is 5.84. The highest BCUT2D eigenvalue weighted by Gasteiger charge is 2.33. The fourth-order valence-electron chi connectivity index (χ4n) is 4.05. The summed E-state index contributed by atoms with van der Waals surface area (Å²) in [5.74, 6) is 0.241. The van der Waals surface area contributed by atoms with E-state index in [1.165, 1.54) is 10.7 Å². The highest BCUT2D eigenvalue weighted by atomic mass is 19.4. The maximum Gasteiger partial charge on any atom is 0.433 e. The largest absolute Gasteiger partial charge is 0.433 e. The van der Waals surface area contributed by atoms with Crippen LogP contribution in [0.1, 0.15) is 70.8 Å². The summed E-state index contributed by atoms with van der Waals surface area (Å²) in [6.07, 6.45) is 2.79. The zero-order valence-corrected chi connectivity index (χ0v) is 16.9. The fourth-order valence-corrected chi connectivity index (χ4v) is 4.05. The van der Waals surface area contributed by atoms with Crippen LogP contribution < -0.4 is 5.32 Å². The number of rotatable bonds is 4. The number of nitrogens with one attached hydrogen (secondary N) is 1. The number of carbonyl (C=O) groups excluding carboxylic acids is 1. The molecule has 7 nitrogen and oxygen atoms in total. The number of amides is 1. The van der Waals surface area contributed by atoms with E-state index in [0.29, 0.717) is 18.0 Å². The number of aromatic nitrogens is 5. The summed E-state index contributed by atoms with van der Waals surface area (Å²) in [5, 5.41) is 12.0. The third kappa shape index (κ3) is 3.82. The minimum absolute atomic E-state index is 0.212. The molecule has 0 aromatic carbocycles. The molecule has 2 aliphatic rings. The summed E-state index contributed by atoms with van der Waals surface area (Å²) >= 11 is 0. The van der Waals surface area contributed by atoms with E-state index in [0.717, 1.165) is 54.9 Å². The third-order valence-corrected chi connectivity index (χ3v) is 5.84. The Kier molecular flexibility index (Phi) is 4.60. The highest BCUT2D eigenvalue weighted by molar-refractivity contribution is 5.93. The molecule has 1 fully saturated rings. The first-order valence-corrected chi connectivity index (χ1v) is 10.3. The van der Waals surface area contributed by atoms with Gasteiger partial charge in [-0.3, -0.25) is 14.5 Å². The maximum atomic E-state index is 13.0. The number of fused-ring (bicyclic) bond motifs is 1. The van der Waals surface area contributed by atoms with Crippen LogP contribution in [0.15, 0.2) is 30.6 Å². The number of hydrogen-bond acceptors (Lipinski definition) is 4. The van der Waals surface area contributed by atoms with E-state index in [9.17, 15) is 18.0 Å². The van der Waals surface area contributed by atoms with Crippen molar-refractivity contribution in [2.75, 3.05) is 0 Å². The molecule has 1 amide bonds. The summed E-state index contributed by atoms with van der Waals surface area (Å²) < 4.78 is 42.1. The molecule has 3 heterocycles. The summed E-state index contributed by atoms with van der Waals surface area (Å²) in [5.41, 5.74) is 2.38. The lowest BCUT2D eigenvalue weighted by molar-refractivity contribution is -0.141. The molecule has 3 aromatic rings. The van der Waals surface area contributed by atoms with E-state index in [4.69, 9.17) is 0 Å². The van der Waals surface area contributed by atoms with Crippen LogP contribution in [0.4, 0.5) is 13.2 Å². The predicted molar refractivity (Wildman–Crippen MR) is 105 cm³/mol. The Morgan fingerprint density at radius 1 is 1.19 bits per heavy atom. The zero-order chi connectivity index (χ0) is 21.8. The summed E-state index contributed by atoms with van der Waals surface area (Å²) in [6, 6.07) is 4.04. The van der Waals surface area contributed by atoms with Gasteiger partial charge in [0.15, 0.2) is 0 Å². The van der Waals surface area contributed by atoms with Gasteiger partial charge >= 0.3 is 6.18 Å². The van der Waals surface area contributed by atoms with E-state index in [1.54, 1.807) is 17.9 Å². The van der Waals surface area contributed by atoms with Crippen LogP contribution in [0, 0.1) is 0 Å². The lowest BCUT2D eigenvalue weighted by atomic mass is 9.93. The molecule has 1 saturated carbocycles. The zero-order valence-electron chi connectivity index (χ0n) is 16.9. The molecule has 0 radical (unpaired) electrons. The second kappa shape index (κ2) is 7.21. The minimum Gasteiger partial charge on any atom is -0.344 e. The van der Waals surface area contributed by atoms with E-state index in [2.05, 4.69) is 20.5 Å². The molecule has 10 heteroatoms. The lowest BCUT2D eigenvalue weighted by Crippen LogP contribution is -2.31. The monoisotopic (exact) mass is 430 g/mol. The molecular weight excluding hydrogens is 409 g/mol. The van der Waals surface area contributed by atoms with E-state index < -0.39 is 11.9 Å². The van der Waals surface area contributed by atoms with Crippen molar-refractivity contribution in [2.24, 2.45) is 7.05 Å². The van der Waals surface area contributed by atoms with Crippen LogP contribution in [-0.2, 0) is 19.6 Å². The Labute approximate surface area is 176 Å². The van der Waals surface area contributed by atoms with Crippen molar-refractivity contribution in [2.45, 2.75) is 50.2 Å². The Hall–Kier alpha value is -3.17. The molecule has 3 aromatic heterocycles. The van der Waals surface area contributed by atoms with Gasteiger partial charge in [0.25, 0.3) is 5.91 Å².